The average Bonchev–Trinajstić information content (AvgIpc) is 2.19. The van der Waals surface area contributed by atoms with Gasteiger partial charge >= 0.3 is 0 Å². The Labute approximate surface area is 91.0 Å². The van der Waals surface area contributed by atoms with Crippen molar-refractivity contribution in [2.75, 3.05) is 19.6 Å². The first-order valence-corrected chi connectivity index (χ1v) is 6.69. The summed E-state index contributed by atoms with van der Waals surface area (Å²) >= 11 is 0. The number of hydrogen-bond donors (Lipinski definition) is 1. The number of carbonyl (C=O) groups excluding carboxylic acids is 1. The molecule has 88 valence electrons. The van der Waals surface area contributed by atoms with E-state index in [2.05, 4.69) is 4.72 Å². The van der Waals surface area contributed by atoms with E-state index in [0.29, 0.717) is 26.1 Å². The van der Waals surface area contributed by atoms with E-state index in [4.69, 9.17) is 0 Å². The Bertz CT molecular complexity index is 326. The molecule has 15 heavy (non-hydrogen) atoms. The lowest BCUT2D eigenvalue weighted by atomic mass is 10.0. The molecule has 0 aromatic carbocycles. The molecule has 0 radical (unpaired) electrons. The first-order chi connectivity index (χ1) is 6.97. The van der Waals surface area contributed by atoms with Crippen molar-refractivity contribution in [1.82, 2.24) is 9.03 Å². The molecule has 0 bridgehead atoms. The summed E-state index contributed by atoms with van der Waals surface area (Å²) in [5, 5.41) is 0. The van der Waals surface area contributed by atoms with Crippen LogP contribution in [0, 0.1) is 5.92 Å². The van der Waals surface area contributed by atoms with Crippen molar-refractivity contribution >= 4 is 16.0 Å². The van der Waals surface area contributed by atoms with Gasteiger partial charge in [0, 0.05) is 32.0 Å². The predicted octanol–water partition coefficient (Wildman–Crippen LogP) is 0.142. The van der Waals surface area contributed by atoms with E-state index in [1.165, 1.54) is 4.31 Å². The molecule has 1 saturated heterocycles. The van der Waals surface area contributed by atoms with Gasteiger partial charge in [-0.05, 0) is 6.42 Å². The second kappa shape index (κ2) is 5.05. The van der Waals surface area contributed by atoms with Gasteiger partial charge in [-0.25, -0.2) is 4.72 Å². The molecule has 1 fully saturated rings. The van der Waals surface area contributed by atoms with Gasteiger partial charge in [-0.1, -0.05) is 13.8 Å². The maximum atomic E-state index is 11.7. The lowest BCUT2D eigenvalue weighted by molar-refractivity contribution is -0.124. The van der Waals surface area contributed by atoms with Crippen LogP contribution in [0.1, 0.15) is 26.7 Å². The summed E-state index contributed by atoms with van der Waals surface area (Å²) in [6, 6.07) is 0. The second-order valence-corrected chi connectivity index (χ2v) is 5.63. The topological polar surface area (TPSA) is 66.5 Å². The number of nitrogens with zero attached hydrogens (tertiary/aromatic N) is 1. The van der Waals surface area contributed by atoms with Crippen LogP contribution in [0.2, 0.25) is 0 Å². The molecular weight excluding hydrogens is 216 g/mol. The zero-order chi connectivity index (χ0) is 11.5. The van der Waals surface area contributed by atoms with Gasteiger partial charge in [-0.3, -0.25) is 4.79 Å². The van der Waals surface area contributed by atoms with Gasteiger partial charge in [0.05, 0.1) is 0 Å². The molecule has 1 unspecified atom stereocenters. The highest BCUT2D eigenvalue weighted by molar-refractivity contribution is 7.87. The van der Waals surface area contributed by atoms with Crippen molar-refractivity contribution in [2.45, 2.75) is 26.7 Å². The summed E-state index contributed by atoms with van der Waals surface area (Å²) in [4.78, 5) is 11.2. The minimum atomic E-state index is -3.37. The van der Waals surface area contributed by atoms with Crippen molar-refractivity contribution < 1.29 is 13.2 Å². The van der Waals surface area contributed by atoms with E-state index >= 15 is 0 Å². The van der Waals surface area contributed by atoms with Crippen molar-refractivity contribution in [3.05, 3.63) is 0 Å². The van der Waals surface area contributed by atoms with Gasteiger partial charge in [-0.2, -0.15) is 12.7 Å². The lowest BCUT2D eigenvalue weighted by Crippen LogP contribution is -2.48. The van der Waals surface area contributed by atoms with Gasteiger partial charge < -0.3 is 0 Å². The molecule has 0 spiro atoms. The summed E-state index contributed by atoms with van der Waals surface area (Å²) in [5.41, 5.74) is 0. The van der Waals surface area contributed by atoms with Crippen LogP contribution in [-0.4, -0.2) is 38.1 Å². The third-order valence-electron chi connectivity index (χ3n) is 2.51. The highest BCUT2D eigenvalue weighted by Crippen LogP contribution is 2.14. The molecule has 0 aliphatic carbocycles. The number of carbonyl (C=O) groups is 1. The SMILES string of the molecule is CCCNS(=O)(=O)N1CCC(=O)C(C)C1. The largest absolute Gasteiger partial charge is 0.299 e. The molecule has 1 heterocycles. The van der Waals surface area contributed by atoms with Crippen molar-refractivity contribution in [3.63, 3.8) is 0 Å². The Kier molecular flexibility index (Phi) is 4.24. The monoisotopic (exact) mass is 234 g/mol. The summed E-state index contributed by atoms with van der Waals surface area (Å²) in [5.74, 6) is -0.0334. The molecule has 0 amide bonds. The molecule has 5 nitrogen and oxygen atoms in total. The van der Waals surface area contributed by atoms with E-state index in [1.54, 1.807) is 6.92 Å². The Balaban J connectivity index is 2.60. The molecule has 1 N–H and O–H groups in total. The third kappa shape index (κ3) is 3.25. The van der Waals surface area contributed by atoms with Gasteiger partial charge in [0.15, 0.2) is 0 Å². The first kappa shape index (κ1) is 12.6. The predicted molar refractivity (Wildman–Crippen MR) is 57.6 cm³/mol. The summed E-state index contributed by atoms with van der Waals surface area (Å²) in [6.45, 7) is 4.73. The van der Waals surface area contributed by atoms with Crippen LogP contribution in [0.4, 0.5) is 0 Å². The van der Waals surface area contributed by atoms with Gasteiger partial charge in [0.1, 0.15) is 5.78 Å². The van der Waals surface area contributed by atoms with Gasteiger partial charge in [0.2, 0.25) is 0 Å². The Morgan fingerprint density at radius 2 is 2.20 bits per heavy atom. The number of nitrogens with one attached hydrogen (secondary N) is 1. The molecular formula is C9H18N2O3S. The molecule has 0 saturated carbocycles. The molecule has 1 atom stereocenters. The van der Waals surface area contributed by atoms with E-state index < -0.39 is 10.2 Å². The molecule has 1 aliphatic heterocycles. The minimum absolute atomic E-state index is 0.150. The van der Waals surface area contributed by atoms with E-state index in [1.807, 2.05) is 6.92 Å². The molecule has 1 aliphatic rings. The summed E-state index contributed by atoms with van der Waals surface area (Å²) < 4.78 is 27.3. The highest BCUT2D eigenvalue weighted by atomic mass is 32.2. The molecule has 0 aromatic rings. The molecule has 6 heteroatoms. The first-order valence-electron chi connectivity index (χ1n) is 5.25. The van der Waals surface area contributed by atoms with Gasteiger partial charge in [-0.15, -0.1) is 0 Å². The standard InChI is InChI=1S/C9H18N2O3S/c1-3-5-10-15(13,14)11-6-4-9(12)8(2)7-11/h8,10H,3-7H2,1-2H3. The number of ketones is 1. The quantitative estimate of drug-likeness (QED) is 0.752. The van der Waals surface area contributed by atoms with Crippen LogP contribution < -0.4 is 4.72 Å². The van der Waals surface area contributed by atoms with Crippen LogP contribution in [0.5, 0.6) is 0 Å². The van der Waals surface area contributed by atoms with Gasteiger partial charge in [0.25, 0.3) is 10.2 Å². The van der Waals surface area contributed by atoms with E-state index in [-0.39, 0.29) is 11.7 Å². The number of hydrogen-bond acceptors (Lipinski definition) is 3. The summed E-state index contributed by atoms with van der Waals surface area (Å²) in [7, 11) is -3.37. The maximum Gasteiger partial charge on any atom is 0.279 e. The van der Waals surface area contributed by atoms with Crippen LogP contribution >= 0.6 is 0 Å². The number of rotatable bonds is 4. The fourth-order valence-electron chi connectivity index (χ4n) is 1.52. The second-order valence-electron chi connectivity index (χ2n) is 3.87. The van der Waals surface area contributed by atoms with E-state index in [9.17, 15) is 13.2 Å². The van der Waals surface area contributed by atoms with Crippen LogP contribution in [0.25, 0.3) is 0 Å². The Morgan fingerprint density at radius 1 is 1.53 bits per heavy atom. The fourth-order valence-corrected chi connectivity index (χ4v) is 2.92. The van der Waals surface area contributed by atoms with Crippen LogP contribution in [0.15, 0.2) is 0 Å². The molecule has 1 rings (SSSR count). The van der Waals surface area contributed by atoms with Crippen molar-refractivity contribution in [2.24, 2.45) is 5.92 Å². The normalized spacial score (nSPS) is 24.4. The lowest BCUT2D eigenvalue weighted by Gasteiger charge is -2.29. The third-order valence-corrected chi connectivity index (χ3v) is 4.09. The van der Waals surface area contributed by atoms with Crippen molar-refractivity contribution in [1.29, 1.82) is 0 Å². The zero-order valence-corrected chi connectivity index (χ0v) is 10.0. The Morgan fingerprint density at radius 3 is 2.73 bits per heavy atom. The smallest absolute Gasteiger partial charge is 0.279 e. The maximum absolute atomic E-state index is 11.7. The number of piperidine rings is 1. The minimum Gasteiger partial charge on any atom is -0.299 e. The van der Waals surface area contributed by atoms with Crippen molar-refractivity contribution in [3.8, 4) is 0 Å². The zero-order valence-electron chi connectivity index (χ0n) is 9.19. The average molecular weight is 234 g/mol. The highest BCUT2D eigenvalue weighted by Gasteiger charge is 2.30. The fraction of sp³-hybridized carbons (Fsp3) is 0.889. The van der Waals surface area contributed by atoms with Crippen LogP contribution in [-0.2, 0) is 15.0 Å². The number of Topliss-reactive ketones (excluding diaryl/α,β-unsaturated/α-hetero) is 1. The molecule has 0 aromatic heterocycles. The van der Waals surface area contributed by atoms with Crippen LogP contribution in [0.3, 0.4) is 0 Å². The van der Waals surface area contributed by atoms with E-state index in [0.717, 1.165) is 6.42 Å². The summed E-state index contributed by atoms with van der Waals surface area (Å²) in [6.07, 6.45) is 1.09. The Hall–Kier alpha value is -0.460.